The molecule has 0 saturated carbocycles. The molecule has 1 saturated heterocycles. The number of nitrogens with zero attached hydrogens (tertiary/aromatic N) is 1. The smallest absolute Gasteiger partial charge is 0.248 e. The molecule has 0 aromatic heterocycles. The van der Waals surface area contributed by atoms with Crippen molar-refractivity contribution >= 4 is 11.8 Å². The summed E-state index contributed by atoms with van der Waals surface area (Å²) in [5.41, 5.74) is -1.07. The summed E-state index contributed by atoms with van der Waals surface area (Å²) in [5.74, 6) is -0.0668. The van der Waals surface area contributed by atoms with Crippen LogP contribution in [0.2, 0.25) is 0 Å². The van der Waals surface area contributed by atoms with Crippen molar-refractivity contribution in [3.63, 3.8) is 0 Å². The van der Waals surface area contributed by atoms with E-state index in [1.807, 2.05) is 34.6 Å². The van der Waals surface area contributed by atoms with Crippen LogP contribution in [-0.2, 0) is 9.59 Å². The number of hydrogen-bond donors (Lipinski definition) is 1. The Morgan fingerprint density at radius 1 is 1.24 bits per heavy atom. The zero-order chi connectivity index (χ0) is 13.6. The molecule has 1 aliphatic rings. The molecule has 1 N–H and O–H groups in total. The van der Waals surface area contributed by atoms with Gasteiger partial charge in [-0.2, -0.15) is 0 Å². The minimum absolute atomic E-state index is 0.00738. The molecule has 1 aliphatic heterocycles. The zero-order valence-electron chi connectivity index (χ0n) is 11.9. The topological polar surface area (TPSA) is 49.4 Å². The SMILES string of the molecule is CC(C)N1C(=O)C(C)(C)NC(=O)C1C(C)(C)C. The Kier molecular flexibility index (Phi) is 3.29. The van der Waals surface area contributed by atoms with Crippen molar-refractivity contribution in [2.75, 3.05) is 0 Å². The van der Waals surface area contributed by atoms with Crippen molar-refractivity contribution in [3.05, 3.63) is 0 Å². The van der Waals surface area contributed by atoms with Crippen LogP contribution in [0.3, 0.4) is 0 Å². The first-order valence-corrected chi connectivity index (χ1v) is 6.13. The molecule has 1 heterocycles. The van der Waals surface area contributed by atoms with Crippen molar-refractivity contribution < 1.29 is 9.59 Å². The van der Waals surface area contributed by atoms with Crippen LogP contribution >= 0.6 is 0 Å². The fourth-order valence-corrected chi connectivity index (χ4v) is 2.34. The molecular weight excluding hydrogens is 216 g/mol. The minimum atomic E-state index is -0.802. The number of carbonyl (C=O) groups is 2. The highest BCUT2D eigenvalue weighted by molar-refractivity contribution is 5.99. The van der Waals surface area contributed by atoms with Crippen LogP contribution in [0.4, 0.5) is 0 Å². The van der Waals surface area contributed by atoms with Gasteiger partial charge in [-0.1, -0.05) is 20.8 Å². The predicted molar refractivity (Wildman–Crippen MR) is 67.4 cm³/mol. The Hall–Kier alpha value is -1.06. The molecule has 1 atom stereocenters. The molecule has 0 spiro atoms. The maximum Gasteiger partial charge on any atom is 0.248 e. The van der Waals surface area contributed by atoms with E-state index in [1.54, 1.807) is 18.7 Å². The van der Waals surface area contributed by atoms with Crippen molar-refractivity contribution in [2.24, 2.45) is 5.41 Å². The molecule has 0 aliphatic carbocycles. The van der Waals surface area contributed by atoms with E-state index in [4.69, 9.17) is 0 Å². The van der Waals surface area contributed by atoms with Crippen LogP contribution in [-0.4, -0.2) is 34.3 Å². The third-order valence-electron chi connectivity index (χ3n) is 3.11. The monoisotopic (exact) mass is 240 g/mol. The van der Waals surface area contributed by atoms with Gasteiger partial charge in [-0.05, 0) is 33.1 Å². The Bertz CT molecular complexity index is 340. The van der Waals surface area contributed by atoms with Gasteiger partial charge in [0.2, 0.25) is 11.8 Å². The van der Waals surface area contributed by atoms with Gasteiger partial charge in [0.05, 0.1) is 0 Å². The second-order valence-electron chi connectivity index (χ2n) is 6.69. The first-order chi connectivity index (χ1) is 7.48. The highest BCUT2D eigenvalue weighted by Gasteiger charge is 2.50. The van der Waals surface area contributed by atoms with E-state index < -0.39 is 11.6 Å². The summed E-state index contributed by atoms with van der Waals surface area (Å²) in [6.45, 7) is 13.4. The van der Waals surface area contributed by atoms with E-state index in [0.29, 0.717) is 0 Å². The number of hydrogen-bond acceptors (Lipinski definition) is 2. The molecule has 0 radical (unpaired) electrons. The third kappa shape index (κ3) is 2.45. The lowest BCUT2D eigenvalue weighted by atomic mass is 9.80. The number of rotatable bonds is 1. The number of piperazine rings is 1. The lowest BCUT2D eigenvalue weighted by Crippen LogP contribution is -2.71. The molecule has 0 aromatic rings. The van der Waals surface area contributed by atoms with Gasteiger partial charge in [0, 0.05) is 6.04 Å². The van der Waals surface area contributed by atoms with Gasteiger partial charge >= 0.3 is 0 Å². The zero-order valence-corrected chi connectivity index (χ0v) is 11.9. The molecule has 4 nitrogen and oxygen atoms in total. The molecule has 1 rings (SSSR count). The van der Waals surface area contributed by atoms with Gasteiger partial charge in [0.25, 0.3) is 0 Å². The van der Waals surface area contributed by atoms with E-state index in [0.717, 1.165) is 0 Å². The Morgan fingerprint density at radius 2 is 1.71 bits per heavy atom. The number of carbonyl (C=O) groups excluding carboxylic acids is 2. The van der Waals surface area contributed by atoms with Crippen LogP contribution in [0.5, 0.6) is 0 Å². The van der Waals surface area contributed by atoms with Gasteiger partial charge in [-0.15, -0.1) is 0 Å². The summed E-state index contributed by atoms with van der Waals surface area (Å²) in [6, 6.07) is -0.375. The summed E-state index contributed by atoms with van der Waals surface area (Å²) < 4.78 is 0. The van der Waals surface area contributed by atoms with E-state index in [2.05, 4.69) is 5.32 Å². The van der Waals surface area contributed by atoms with Gasteiger partial charge in [-0.25, -0.2) is 0 Å². The first kappa shape index (κ1) is 14.0. The Morgan fingerprint density at radius 3 is 2.06 bits per heavy atom. The minimum Gasteiger partial charge on any atom is -0.340 e. The summed E-state index contributed by atoms with van der Waals surface area (Å²) in [4.78, 5) is 26.3. The molecule has 0 aromatic carbocycles. The maximum absolute atomic E-state index is 12.4. The lowest BCUT2D eigenvalue weighted by Gasteiger charge is -2.49. The standard InChI is InChI=1S/C13H24N2O2/c1-8(2)15-9(12(3,4)5)10(16)14-13(6,7)11(15)17/h8-9H,1-7H3,(H,14,16). The van der Waals surface area contributed by atoms with Crippen LogP contribution in [0, 0.1) is 5.41 Å². The van der Waals surface area contributed by atoms with Crippen molar-refractivity contribution in [1.82, 2.24) is 10.2 Å². The van der Waals surface area contributed by atoms with Gasteiger partial charge in [0.15, 0.2) is 0 Å². The largest absolute Gasteiger partial charge is 0.340 e. The predicted octanol–water partition coefficient (Wildman–Crippen LogP) is 1.55. The summed E-state index contributed by atoms with van der Waals surface area (Å²) >= 11 is 0. The molecule has 1 fully saturated rings. The molecule has 98 valence electrons. The van der Waals surface area contributed by atoms with Crippen molar-refractivity contribution in [3.8, 4) is 0 Å². The Balaban J connectivity index is 3.22. The van der Waals surface area contributed by atoms with Gasteiger partial charge < -0.3 is 10.2 Å². The fourth-order valence-electron chi connectivity index (χ4n) is 2.34. The van der Waals surface area contributed by atoms with Crippen molar-refractivity contribution in [1.29, 1.82) is 0 Å². The number of amides is 2. The van der Waals surface area contributed by atoms with E-state index in [9.17, 15) is 9.59 Å². The Labute approximate surface area is 104 Å². The highest BCUT2D eigenvalue weighted by atomic mass is 16.2. The van der Waals surface area contributed by atoms with Gasteiger partial charge in [-0.3, -0.25) is 9.59 Å². The second kappa shape index (κ2) is 4.00. The van der Waals surface area contributed by atoms with Crippen LogP contribution in [0.1, 0.15) is 48.5 Å². The fraction of sp³-hybridized carbons (Fsp3) is 0.846. The second-order valence-corrected chi connectivity index (χ2v) is 6.69. The van der Waals surface area contributed by atoms with Crippen LogP contribution in [0.15, 0.2) is 0 Å². The number of nitrogens with one attached hydrogen (secondary N) is 1. The molecule has 17 heavy (non-hydrogen) atoms. The van der Waals surface area contributed by atoms with E-state index in [-0.39, 0.29) is 23.3 Å². The van der Waals surface area contributed by atoms with Crippen molar-refractivity contribution in [2.45, 2.75) is 66.1 Å². The summed E-state index contributed by atoms with van der Waals surface area (Å²) in [6.07, 6.45) is 0. The first-order valence-electron chi connectivity index (χ1n) is 6.13. The third-order valence-corrected chi connectivity index (χ3v) is 3.11. The maximum atomic E-state index is 12.4. The normalized spacial score (nSPS) is 25.2. The quantitative estimate of drug-likeness (QED) is 0.756. The van der Waals surface area contributed by atoms with E-state index >= 15 is 0 Å². The van der Waals surface area contributed by atoms with E-state index in [1.165, 1.54) is 0 Å². The van der Waals surface area contributed by atoms with Gasteiger partial charge in [0.1, 0.15) is 11.6 Å². The molecular formula is C13H24N2O2. The average molecular weight is 240 g/mol. The van der Waals surface area contributed by atoms with Crippen LogP contribution in [0.25, 0.3) is 0 Å². The molecule has 2 amide bonds. The molecule has 1 unspecified atom stereocenters. The lowest BCUT2D eigenvalue weighted by molar-refractivity contribution is -0.160. The average Bonchev–Trinajstić information content (AvgIpc) is 2.06. The van der Waals surface area contributed by atoms with Crippen LogP contribution < -0.4 is 5.32 Å². The molecule has 0 bridgehead atoms. The highest BCUT2D eigenvalue weighted by Crippen LogP contribution is 2.31. The molecule has 4 heteroatoms. The summed E-state index contributed by atoms with van der Waals surface area (Å²) in [7, 11) is 0. The summed E-state index contributed by atoms with van der Waals surface area (Å²) in [5, 5.41) is 2.82.